The number of likely N-dealkylation sites (N-methyl/N-ethyl adjacent to an activating group) is 1. The van der Waals surface area contributed by atoms with Crippen molar-refractivity contribution in [2.24, 2.45) is 0 Å². The fraction of sp³-hybridized carbons (Fsp3) is 0.167. The highest BCUT2D eigenvalue weighted by Crippen LogP contribution is 2.07. The Balaban J connectivity index is 1.71. The van der Waals surface area contributed by atoms with Crippen molar-refractivity contribution in [3.63, 3.8) is 0 Å². The van der Waals surface area contributed by atoms with Crippen LogP contribution in [-0.4, -0.2) is 42.8 Å². The van der Waals surface area contributed by atoms with E-state index in [-0.39, 0.29) is 19.0 Å². The van der Waals surface area contributed by atoms with Gasteiger partial charge in [-0.3, -0.25) is 30.1 Å². The van der Waals surface area contributed by atoms with Gasteiger partial charge in [-0.1, -0.05) is 18.2 Å². The molecule has 0 aliphatic heterocycles. The number of amides is 3. The number of benzene rings is 2. The van der Waals surface area contributed by atoms with Crippen molar-refractivity contribution in [2.45, 2.75) is 0 Å². The van der Waals surface area contributed by atoms with E-state index in [0.717, 1.165) is 0 Å². The van der Waals surface area contributed by atoms with E-state index in [1.807, 2.05) is 0 Å². The summed E-state index contributed by atoms with van der Waals surface area (Å²) < 4.78 is 12.8. The van der Waals surface area contributed by atoms with Crippen LogP contribution >= 0.6 is 0 Å². The van der Waals surface area contributed by atoms with E-state index in [0.29, 0.717) is 11.3 Å². The van der Waals surface area contributed by atoms with Crippen LogP contribution in [0.2, 0.25) is 0 Å². The van der Waals surface area contributed by atoms with Crippen molar-refractivity contribution in [1.82, 2.24) is 15.8 Å². The largest absolute Gasteiger partial charge is 0.325 e. The zero-order chi connectivity index (χ0) is 18.9. The molecule has 0 saturated carbocycles. The maximum absolute atomic E-state index is 12.8. The second kappa shape index (κ2) is 9.28. The molecule has 136 valence electrons. The summed E-state index contributed by atoms with van der Waals surface area (Å²) in [5.74, 6) is -1.64. The standard InChI is InChI=1S/C18H19FN4O3/c1-23(11-16(24)20-15-9-7-14(19)8-10-15)12-17(25)21-22-18(26)13-5-3-2-4-6-13/h2-10H,11-12H2,1H3,(H,20,24)(H,21,25)(H,22,26). The summed E-state index contributed by atoms with van der Waals surface area (Å²) in [6.07, 6.45) is 0. The van der Waals surface area contributed by atoms with Crippen molar-refractivity contribution in [3.05, 3.63) is 66.0 Å². The van der Waals surface area contributed by atoms with Crippen LogP contribution in [0.15, 0.2) is 54.6 Å². The number of carbonyl (C=O) groups is 3. The molecule has 0 aromatic heterocycles. The molecule has 2 rings (SSSR count). The van der Waals surface area contributed by atoms with Gasteiger partial charge in [0.25, 0.3) is 11.8 Å². The van der Waals surface area contributed by atoms with Gasteiger partial charge in [0.2, 0.25) is 5.91 Å². The number of hydrogen-bond acceptors (Lipinski definition) is 4. The molecule has 0 bridgehead atoms. The van der Waals surface area contributed by atoms with Crippen molar-refractivity contribution >= 4 is 23.4 Å². The minimum absolute atomic E-state index is 0.0442. The van der Waals surface area contributed by atoms with E-state index in [4.69, 9.17) is 0 Å². The Morgan fingerprint density at radius 2 is 1.50 bits per heavy atom. The maximum Gasteiger partial charge on any atom is 0.269 e. The lowest BCUT2D eigenvalue weighted by Crippen LogP contribution is -2.46. The molecule has 0 spiro atoms. The minimum Gasteiger partial charge on any atom is -0.325 e. The molecule has 8 heteroatoms. The smallest absolute Gasteiger partial charge is 0.269 e. The molecule has 0 saturated heterocycles. The van der Waals surface area contributed by atoms with Crippen molar-refractivity contribution in [3.8, 4) is 0 Å². The molecule has 0 aliphatic rings. The van der Waals surface area contributed by atoms with E-state index in [1.54, 1.807) is 37.4 Å². The first kappa shape index (κ1) is 19.1. The number of nitrogens with one attached hydrogen (secondary N) is 3. The Hall–Kier alpha value is -3.26. The molecule has 0 unspecified atom stereocenters. The number of rotatable bonds is 6. The second-order valence-corrected chi connectivity index (χ2v) is 5.60. The Morgan fingerprint density at radius 1 is 0.885 bits per heavy atom. The van der Waals surface area contributed by atoms with Crippen LogP contribution in [0.25, 0.3) is 0 Å². The Morgan fingerprint density at radius 3 is 2.15 bits per heavy atom. The Labute approximate surface area is 150 Å². The predicted octanol–water partition coefficient (Wildman–Crippen LogP) is 1.16. The Kier molecular flexibility index (Phi) is 6.81. The number of nitrogens with zero attached hydrogens (tertiary/aromatic N) is 1. The monoisotopic (exact) mass is 358 g/mol. The number of hydrazine groups is 1. The van der Waals surface area contributed by atoms with Crippen molar-refractivity contribution < 1.29 is 18.8 Å². The summed E-state index contributed by atoms with van der Waals surface area (Å²) in [4.78, 5) is 37.0. The minimum atomic E-state index is -0.466. The molecule has 26 heavy (non-hydrogen) atoms. The summed E-state index contributed by atoms with van der Waals surface area (Å²) in [5.41, 5.74) is 5.47. The average molecular weight is 358 g/mol. The van der Waals surface area contributed by atoms with Gasteiger partial charge in [0.05, 0.1) is 13.1 Å². The van der Waals surface area contributed by atoms with Crippen LogP contribution in [-0.2, 0) is 9.59 Å². The molecule has 2 aromatic carbocycles. The molecule has 3 N–H and O–H groups in total. The summed E-state index contributed by atoms with van der Waals surface area (Å²) in [6, 6.07) is 13.8. The summed E-state index contributed by atoms with van der Waals surface area (Å²) in [7, 11) is 1.59. The van der Waals surface area contributed by atoms with E-state index in [1.165, 1.54) is 29.2 Å². The molecular weight excluding hydrogens is 339 g/mol. The van der Waals surface area contributed by atoms with Crippen molar-refractivity contribution in [2.75, 3.05) is 25.5 Å². The van der Waals surface area contributed by atoms with E-state index >= 15 is 0 Å². The third-order valence-electron chi connectivity index (χ3n) is 3.31. The van der Waals surface area contributed by atoms with E-state index in [9.17, 15) is 18.8 Å². The van der Waals surface area contributed by atoms with Crippen LogP contribution in [0.5, 0.6) is 0 Å². The van der Waals surface area contributed by atoms with Gasteiger partial charge < -0.3 is 5.32 Å². The van der Waals surface area contributed by atoms with Gasteiger partial charge in [0, 0.05) is 11.3 Å². The first-order valence-electron chi connectivity index (χ1n) is 7.82. The van der Waals surface area contributed by atoms with Gasteiger partial charge in [0.1, 0.15) is 5.82 Å². The lowest BCUT2D eigenvalue weighted by Gasteiger charge is -2.16. The lowest BCUT2D eigenvalue weighted by molar-refractivity contribution is -0.123. The first-order valence-corrected chi connectivity index (χ1v) is 7.82. The first-order chi connectivity index (χ1) is 12.4. The predicted molar refractivity (Wildman–Crippen MR) is 94.6 cm³/mol. The lowest BCUT2D eigenvalue weighted by atomic mass is 10.2. The molecule has 0 atom stereocenters. The zero-order valence-electron chi connectivity index (χ0n) is 14.2. The normalized spacial score (nSPS) is 10.3. The summed E-state index contributed by atoms with van der Waals surface area (Å²) in [5, 5.41) is 2.60. The second-order valence-electron chi connectivity index (χ2n) is 5.60. The highest BCUT2D eigenvalue weighted by atomic mass is 19.1. The van der Waals surface area contributed by atoms with E-state index in [2.05, 4.69) is 16.2 Å². The van der Waals surface area contributed by atoms with Gasteiger partial charge >= 0.3 is 0 Å². The van der Waals surface area contributed by atoms with Crippen LogP contribution in [0, 0.1) is 5.82 Å². The highest BCUT2D eigenvalue weighted by Gasteiger charge is 2.12. The highest BCUT2D eigenvalue weighted by molar-refractivity contribution is 5.95. The number of halogens is 1. The SMILES string of the molecule is CN(CC(=O)NNC(=O)c1ccccc1)CC(=O)Nc1ccc(F)cc1. The zero-order valence-corrected chi connectivity index (χ0v) is 14.2. The number of hydrogen-bond donors (Lipinski definition) is 3. The molecule has 3 amide bonds. The van der Waals surface area contributed by atoms with Crippen LogP contribution in [0.1, 0.15) is 10.4 Å². The van der Waals surface area contributed by atoms with Gasteiger partial charge in [-0.25, -0.2) is 4.39 Å². The van der Waals surface area contributed by atoms with E-state index < -0.39 is 17.6 Å². The topological polar surface area (TPSA) is 90.5 Å². The molecule has 2 aromatic rings. The molecule has 0 radical (unpaired) electrons. The summed E-state index contributed by atoms with van der Waals surface area (Å²) >= 11 is 0. The maximum atomic E-state index is 12.8. The molecule has 0 fully saturated rings. The number of anilines is 1. The van der Waals surface area contributed by atoms with Gasteiger partial charge in [-0.05, 0) is 43.4 Å². The van der Waals surface area contributed by atoms with Gasteiger partial charge in [-0.2, -0.15) is 0 Å². The van der Waals surface area contributed by atoms with Gasteiger partial charge in [0.15, 0.2) is 0 Å². The summed E-state index contributed by atoms with van der Waals surface area (Å²) in [6.45, 7) is -0.136. The third kappa shape index (κ3) is 6.33. The van der Waals surface area contributed by atoms with Crippen LogP contribution in [0.3, 0.4) is 0 Å². The van der Waals surface area contributed by atoms with Crippen molar-refractivity contribution in [1.29, 1.82) is 0 Å². The molecule has 7 nitrogen and oxygen atoms in total. The fourth-order valence-electron chi connectivity index (χ4n) is 2.11. The molecule has 0 aliphatic carbocycles. The van der Waals surface area contributed by atoms with Gasteiger partial charge in [-0.15, -0.1) is 0 Å². The fourth-order valence-corrected chi connectivity index (χ4v) is 2.11. The quantitative estimate of drug-likeness (QED) is 0.676. The third-order valence-corrected chi connectivity index (χ3v) is 3.31. The number of carbonyl (C=O) groups excluding carboxylic acids is 3. The molecule has 0 heterocycles. The Bertz CT molecular complexity index is 766. The van der Waals surface area contributed by atoms with Crippen LogP contribution < -0.4 is 16.2 Å². The average Bonchev–Trinajstić information content (AvgIpc) is 2.62. The molecular formula is C18H19FN4O3. The van der Waals surface area contributed by atoms with Crippen LogP contribution in [0.4, 0.5) is 10.1 Å².